The van der Waals surface area contributed by atoms with Gasteiger partial charge in [-0.15, -0.1) is 0 Å². The zero-order chi connectivity index (χ0) is 28.8. The van der Waals surface area contributed by atoms with E-state index in [2.05, 4.69) is 7.85 Å². The van der Waals surface area contributed by atoms with E-state index in [0.717, 1.165) is 22.3 Å². The van der Waals surface area contributed by atoms with Crippen LogP contribution in [0.5, 0.6) is 5.75 Å². The average molecular weight is 541 g/mol. The van der Waals surface area contributed by atoms with Gasteiger partial charge in [-0.2, -0.15) is 8.78 Å². The molecule has 3 N–H and O–H groups in total. The lowest BCUT2D eigenvalue weighted by atomic mass is 9.79. The highest BCUT2D eigenvalue weighted by Gasteiger charge is 2.51. The second-order valence-electron chi connectivity index (χ2n) is 10.5. The fourth-order valence-corrected chi connectivity index (χ4v) is 4.70. The zero-order valence-electron chi connectivity index (χ0n) is 22.4. The number of alkyl halides is 2. The number of aldehydes is 1. The molecule has 2 aromatic carbocycles. The van der Waals surface area contributed by atoms with E-state index in [1.165, 1.54) is 13.1 Å². The fourth-order valence-electron chi connectivity index (χ4n) is 4.70. The summed E-state index contributed by atoms with van der Waals surface area (Å²) in [6.45, 7) is 5.01. The Labute approximate surface area is 227 Å². The number of ether oxygens (including phenoxy) is 1. The average Bonchev–Trinajstić information content (AvgIpc) is 3.47. The maximum Gasteiger partial charge on any atom is 0.494 e. The number of rotatable bonds is 6. The SMILES string of the molecule is CC1(C)OB(c2ccc3nc4n(c3c2)[C@@H](c2c(C=O)cccc2OC(F)F)CC4)OC1(C)C.[B]C(O)(O)NC. The molecule has 5 rings (SSSR count). The molecule has 206 valence electrons. The van der Waals surface area contributed by atoms with Crippen molar-refractivity contribution in [3.8, 4) is 5.75 Å². The molecule has 1 fully saturated rings. The summed E-state index contributed by atoms with van der Waals surface area (Å²) < 4.78 is 45.4. The molecule has 3 heterocycles. The molecule has 0 amide bonds. The Hall–Kier alpha value is -2.83. The lowest BCUT2D eigenvalue weighted by Crippen LogP contribution is -2.42. The highest BCUT2D eigenvalue weighted by Crippen LogP contribution is 2.41. The minimum Gasteiger partial charge on any atom is -0.434 e. The molecule has 0 bridgehead atoms. The van der Waals surface area contributed by atoms with Gasteiger partial charge in [0.05, 0.1) is 28.3 Å². The zero-order valence-corrected chi connectivity index (χ0v) is 22.4. The predicted molar refractivity (Wildman–Crippen MR) is 142 cm³/mol. The topological polar surface area (TPSA) is 115 Å². The van der Waals surface area contributed by atoms with Crippen LogP contribution in [0.15, 0.2) is 36.4 Å². The Kier molecular flexibility index (Phi) is 7.94. The number of imidazole rings is 1. The van der Waals surface area contributed by atoms with Crippen LogP contribution in [0.4, 0.5) is 8.78 Å². The summed E-state index contributed by atoms with van der Waals surface area (Å²) in [5.41, 5.74) is 2.31. The molecule has 1 atom stereocenters. The third kappa shape index (κ3) is 5.87. The van der Waals surface area contributed by atoms with Crippen LogP contribution >= 0.6 is 0 Å². The minimum atomic E-state index is -2.99. The molecule has 0 saturated carbocycles. The molecule has 1 aromatic heterocycles. The number of hydrogen-bond donors (Lipinski definition) is 3. The fraction of sp³-hybridized carbons (Fsp3) is 0.462. The first-order chi connectivity index (χ1) is 18.2. The number of carbonyl (C=O) groups excluding carboxylic acids is 1. The number of carbonyl (C=O) groups is 1. The first-order valence-electron chi connectivity index (χ1n) is 12.5. The van der Waals surface area contributed by atoms with E-state index in [-0.39, 0.29) is 11.8 Å². The van der Waals surface area contributed by atoms with Crippen LogP contribution in [0.2, 0.25) is 0 Å². The first-order valence-corrected chi connectivity index (χ1v) is 12.5. The molecule has 0 spiro atoms. The Morgan fingerprint density at radius 2 is 1.87 bits per heavy atom. The van der Waals surface area contributed by atoms with E-state index < -0.39 is 30.7 Å². The molecule has 9 nitrogen and oxygen atoms in total. The second kappa shape index (κ2) is 10.6. The highest BCUT2D eigenvalue weighted by atomic mass is 19.3. The van der Waals surface area contributed by atoms with Crippen LogP contribution in [-0.2, 0) is 15.7 Å². The number of fused-ring (bicyclic) bond motifs is 3. The van der Waals surface area contributed by atoms with Crippen LogP contribution < -0.4 is 15.5 Å². The van der Waals surface area contributed by atoms with Crippen molar-refractivity contribution in [3.05, 3.63) is 53.3 Å². The Morgan fingerprint density at radius 3 is 2.44 bits per heavy atom. The summed E-state index contributed by atoms with van der Waals surface area (Å²) in [6.07, 6.45) is 1.97. The summed E-state index contributed by atoms with van der Waals surface area (Å²) in [5.74, 6) is -1.36. The monoisotopic (exact) mass is 541 g/mol. The molecular formula is C26H31B2F2N3O6. The van der Waals surface area contributed by atoms with Crippen molar-refractivity contribution in [1.29, 1.82) is 0 Å². The van der Waals surface area contributed by atoms with Gasteiger partial charge in [0.1, 0.15) is 11.6 Å². The number of halogens is 2. The van der Waals surface area contributed by atoms with Crippen molar-refractivity contribution in [1.82, 2.24) is 14.9 Å². The summed E-state index contributed by atoms with van der Waals surface area (Å²) in [5, 5.41) is 18.1. The number of hydrogen-bond acceptors (Lipinski definition) is 8. The summed E-state index contributed by atoms with van der Waals surface area (Å²) >= 11 is 0. The van der Waals surface area contributed by atoms with Gasteiger partial charge >= 0.3 is 13.7 Å². The van der Waals surface area contributed by atoms with Crippen molar-refractivity contribution in [3.63, 3.8) is 0 Å². The van der Waals surface area contributed by atoms with Crippen molar-refractivity contribution in [2.24, 2.45) is 0 Å². The number of nitrogens with one attached hydrogen (secondary N) is 1. The molecule has 13 heteroatoms. The van der Waals surface area contributed by atoms with Gasteiger partial charge < -0.3 is 28.8 Å². The van der Waals surface area contributed by atoms with E-state index in [9.17, 15) is 13.6 Å². The molecule has 0 aliphatic carbocycles. The lowest BCUT2D eigenvalue weighted by molar-refractivity contribution is -0.105. The van der Waals surface area contributed by atoms with Crippen molar-refractivity contribution < 1.29 is 37.8 Å². The van der Waals surface area contributed by atoms with Crippen molar-refractivity contribution >= 4 is 37.7 Å². The molecule has 1 saturated heterocycles. The molecule has 2 aliphatic heterocycles. The smallest absolute Gasteiger partial charge is 0.434 e. The van der Waals surface area contributed by atoms with Gasteiger partial charge in [0.25, 0.3) is 0 Å². The van der Waals surface area contributed by atoms with Gasteiger partial charge in [0.15, 0.2) is 19.9 Å². The lowest BCUT2D eigenvalue weighted by Gasteiger charge is -2.32. The maximum atomic E-state index is 13.1. The van der Waals surface area contributed by atoms with E-state index in [0.29, 0.717) is 30.3 Å². The normalized spacial score (nSPS) is 19.6. The van der Waals surface area contributed by atoms with Crippen LogP contribution in [0.1, 0.15) is 61.9 Å². The van der Waals surface area contributed by atoms with E-state index in [4.69, 9.17) is 29.2 Å². The minimum absolute atomic E-state index is 0.0106. The Morgan fingerprint density at radius 1 is 1.23 bits per heavy atom. The number of nitrogens with zero attached hydrogens (tertiary/aromatic N) is 2. The van der Waals surface area contributed by atoms with Gasteiger partial charge in [-0.1, -0.05) is 18.2 Å². The van der Waals surface area contributed by atoms with Crippen molar-refractivity contribution in [2.45, 2.75) is 70.2 Å². The van der Waals surface area contributed by atoms with Gasteiger partial charge in [0.2, 0.25) is 0 Å². The maximum absolute atomic E-state index is 13.1. The third-order valence-electron chi connectivity index (χ3n) is 7.41. The molecule has 0 unspecified atom stereocenters. The van der Waals surface area contributed by atoms with Gasteiger partial charge in [-0.05, 0) is 64.8 Å². The van der Waals surface area contributed by atoms with Crippen LogP contribution in [0.3, 0.4) is 0 Å². The first kappa shape index (κ1) is 29.2. The van der Waals surface area contributed by atoms with E-state index in [1.807, 2.05) is 55.8 Å². The van der Waals surface area contributed by atoms with E-state index >= 15 is 0 Å². The Bertz CT molecular complexity index is 1340. The van der Waals surface area contributed by atoms with Crippen LogP contribution in [0.25, 0.3) is 11.0 Å². The van der Waals surface area contributed by atoms with Crippen LogP contribution in [-0.4, -0.2) is 71.7 Å². The number of benzene rings is 2. The standard InChI is InChI=1S/C24H25BF2N2O4.C2H6BNO2/c1-23(2)24(3,4)33-25(32-23)15-8-9-16-18(12-15)29-17(10-11-20(29)28-16)21-14(13-30)6-5-7-19(21)31-22(26)27;1-4-2(3,5)6/h5-9,12-13,17,22H,10-11H2,1-4H3;4-6H,1H3/t17-;/m1./s1. The summed E-state index contributed by atoms with van der Waals surface area (Å²) in [4.78, 5) is 16.5. The Balaban J connectivity index is 0.000000531. The molecule has 2 aliphatic rings. The predicted octanol–water partition coefficient (Wildman–Crippen LogP) is 2.26. The third-order valence-corrected chi connectivity index (χ3v) is 7.41. The molecule has 39 heavy (non-hydrogen) atoms. The quantitative estimate of drug-likeness (QED) is 0.248. The van der Waals surface area contributed by atoms with Crippen molar-refractivity contribution in [2.75, 3.05) is 7.05 Å². The number of aromatic nitrogens is 2. The molecule has 3 aromatic rings. The summed E-state index contributed by atoms with van der Waals surface area (Å²) in [6, 6.07) is 10.1. The van der Waals surface area contributed by atoms with E-state index in [1.54, 1.807) is 12.1 Å². The molecular weight excluding hydrogens is 510 g/mol. The molecule has 2 radical (unpaired) electrons. The number of aryl methyl sites for hydroxylation is 1. The number of aliphatic hydroxyl groups is 2. The summed E-state index contributed by atoms with van der Waals surface area (Å²) in [7, 11) is 5.33. The second-order valence-corrected chi connectivity index (χ2v) is 10.5. The largest absolute Gasteiger partial charge is 0.494 e. The van der Waals surface area contributed by atoms with Gasteiger partial charge in [-0.3, -0.25) is 10.1 Å². The van der Waals surface area contributed by atoms with Gasteiger partial charge in [-0.25, -0.2) is 4.98 Å². The highest BCUT2D eigenvalue weighted by molar-refractivity contribution is 6.62. The van der Waals surface area contributed by atoms with Gasteiger partial charge in [0, 0.05) is 17.5 Å². The van der Waals surface area contributed by atoms with Crippen LogP contribution in [0, 0.1) is 0 Å².